The number of carbonyl (C=O) groups excluding carboxylic acids is 1. The van der Waals surface area contributed by atoms with Gasteiger partial charge in [0.15, 0.2) is 0 Å². The third-order valence-corrected chi connectivity index (χ3v) is 16.8. The van der Waals surface area contributed by atoms with Gasteiger partial charge in [0.1, 0.15) is 0 Å². The first-order chi connectivity index (χ1) is 25.0. The van der Waals surface area contributed by atoms with E-state index >= 15 is 0 Å². The second kappa shape index (κ2) is 22.4. The Morgan fingerprint density at radius 1 is 0.706 bits per heavy atom. The van der Waals surface area contributed by atoms with E-state index in [1.807, 2.05) is 19.1 Å². The van der Waals surface area contributed by atoms with E-state index in [2.05, 4.69) is 160 Å². The molecule has 0 aromatic heterocycles. The molecule has 5 rings (SSSR count). The monoisotopic (exact) mass is 851 g/mol. The van der Waals surface area contributed by atoms with E-state index in [4.69, 9.17) is 18.0 Å². The van der Waals surface area contributed by atoms with Crippen LogP contribution in [0.4, 0.5) is 4.79 Å². The molecule has 270 valence electrons. The molecular formula is C40H46ClNO5P2PdSi+2. The first-order valence-corrected chi connectivity index (χ1v) is 24.2. The second-order valence-electron chi connectivity index (χ2n) is 11.6. The number of carbonyl (C=O) groups is 1. The van der Waals surface area contributed by atoms with Crippen LogP contribution in [0.15, 0.2) is 133 Å². The average molecular weight is 853 g/mol. The summed E-state index contributed by atoms with van der Waals surface area (Å²) in [4.78, 5) is 13.1. The molecule has 0 fully saturated rings. The van der Waals surface area contributed by atoms with Gasteiger partial charge in [0, 0.05) is 39.2 Å². The Morgan fingerprint density at radius 2 is 1.10 bits per heavy atom. The number of hydrogen-bond acceptors (Lipinski definition) is 5. The van der Waals surface area contributed by atoms with Crippen LogP contribution in [-0.2, 0) is 43.8 Å². The predicted molar refractivity (Wildman–Crippen MR) is 214 cm³/mol. The zero-order valence-corrected chi connectivity index (χ0v) is 34.5. The first-order valence-electron chi connectivity index (χ1n) is 16.8. The molecule has 0 radical (unpaired) electrons. The number of nitrogens with one attached hydrogen (secondary N) is 1. The summed E-state index contributed by atoms with van der Waals surface area (Å²) in [6.07, 6.45) is 1.76. The van der Waals surface area contributed by atoms with E-state index in [0.29, 0.717) is 31.4 Å². The van der Waals surface area contributed by atoms with Crippen molar-refractivity contribution >= 4 is 61.5 Å². The van der Waals surface area contributed by atoms with Crippen LogP contribution >= 0.6 is 25.4 Å². The van der Waals surface area contributed by atoms with E-state index in [1.165, 1.54) is 21.2 Å². The molecule has 0 heterocycles. The fourth-order valence-corrected chi connectivity index (χ4v) is 12.9. The van der Waals surface area contributed by atoms with Crippen molar-refractivity contribution in [1.29, 1.82) is 0 Å². The van der Waals surface area contributed by atoms with Gasteiger partial charge in [0.25, 0.3) is 0 Å². The van der Waals surface area contributed by atoms with Crippen molar-refractivity contribution in [2.24, 2.45) is 0 Å². The molecule has 1 N–H and O–H groups in total. The van der Waals surface area contributed by atoms with Crippen molar-refractivity contribution in [2.45, 2.75) is 31.7 Å². The Morgan fingerprint density at radius 3 is 1.45 bits per heavy atom. The molecule has 1 amide bonds. The van der Waals surface area contributed by atoms with Crippen LogP contribution in [0.2, 0.25) is 6.04 Å². The van der Waals surface area contributed by atoms with Gasteiger partial charge >= 0.3 is 42.6 Å². The summed E-state index contributed by atoms with van der Waals surface area (Å²) < 4.78 is 23.0. The number of amides is 1. The van der Waals surface area contributed by atoms with Gasteiger partial charge in [-0.2, -0.15) is 6.07 Å². The van der Waals surface area contributed by atoms with Gasteiger partial charge in [-0.1, -0.05) is 72.8 Å². The molecule has 0 aliphatic heterocycles. The standard InChI is InChI=1S/C40H44NO5P2Si.ClH.Pd/c1-4-45-49(43-2,44-3)27-17-26-41-40(42)46-35-29-33(31-47(36-18-9-5-10-19-36)37-20-11-6-12-21-37)28-34(30-35)32-48(38-22-13-7-14-23-38)39-24-15-8-16-25-39;;/h5-16,18-25,29-30H,4,17,26-27,31-32H2,1-3H3,(H,41,42);1H;/q-1;;+2/p+1. The van der Waals surface area contributed by atoms with Crippen LogP contribution in [0.25, 0.3) is 0 Å². The van der Waals surface area contributed by atoms with Crippen LogP contribution in [0.1, 0.15) is 24.5 Å². The minimum atomic E-state index is -2.74. The first kappa shape index (κ1) is 41.0. The molecule has 0 atom stereocenters. The van der Waals surface area contributed by atoms with Crippen LogP contribution in [0.3, 0.4) is 0 Å². The molecule has 5 aromatic rings. The number of rotatable bonds is 17. The van der Waals surface area contributed by atoms with Crippen LogP contribution in [-0.4, -0.2) is 42.3 Å². The summed E-state index contributed by atoms with van der Waals surface area (Å²) in [5.41, 5.74) is 2.08. The Kier molecular flexibility index (Phi) is 18.0. The third kappa shape index (κ3) is 12.7. The quantitative estimate of drug-likeness (QED) is 0.0451. The SMILES string of the molecule is CCO[Si](CCCNC(=O)Oc1cc(C[PH+](c2ccccc2)c2ccccc2)[c-]c(C[PH+](c2ccccc2)c2ccccc2)c1)(OC)OC.[Cl][Pd+]. The van der Waals surface area contributed by atoms with E-state index in [-0.39, 0.29) is 0 Å². The van der Waals surface area contributed by atoms with Crippen molar-refractivity contribution in [1.82, 2.24) is 5.32 Å². The maximum atomic E-state index is 13.1. The molecule has 6 nitrogen and oxygen atoms in total. The number of benzene rings is 5. The van der Waals surface area contributed by atoms with Gasteiger partial charge < -0.3 is 23.3 Å². The van der Waals surface area contributed by atoms with Crippen molar-refractivity contribution < 1.29 is 41.0 Å². The van der Waals surface area contributed by atoms with Gasteiger partial charge in [-0.15, -0.1) is 23.3 Å². The van der Waals surface area contributed by atoms with Gasteiger partial charge in [-0.25, -0.2) is 4.79 Å². The summed E-state index contributed by atoms with van der Waals surface area (Å²) in [6, 6.07) is 51.2. The van der Waals surface area contributed by atoms with E-state index in [0.717, 1.165) is 23.5 Å². The van der Waals surface area contributed by atoms with Crippen LogP contribution < -0.4 is 31.3 Å². The summed E-state index contributed by atoms with van der Waals surface area (Å²) >= 11 is 2.22. The maximum absolute atomic E-state index is 13.1. The molecular weight excluding hydrogens is 806 g/mol. The fourth-order valence-electron chi connectivity index (χ4n) is 5.93. The number of ether oxygens (including phenoxy) is 1. The molecule has 0 spiro atoms. The topological polar surface area (TPSA) is 66.0 Å². The van der Waals surface area contributed by atoms with Gasteiger partial charge in [0.2, 0.25) is 0 Å². The predicted octanol–water partition coefficient (Wildman–Crippen LogP) is 7.65. The van der Waals surface area contributed by atoms with Crippen LogP contribution in [0, 0.1) is 6.07 Å². The average Bonchev–Trinajstić information content (AvgIpc) is 3.19. The van der Waals surface area contributed by atoms with E-state index < -0.39 is 30.7 Å². The Bertz CT molecular complexity index is 1540. The van der Waals surface area contributed by atoms with Crippen molar-refractivity contribution in [3.05, 3.63) is 151 Å². The Labute approximate surface area is 321 Å². The number of halogens is 1. The zero-order chi connectivity index (χ0) is 36.3. The normalized spacial score (nSPS) is 11.2. The van der Waals surface area contributed by atoms with Gasteiger partial charge in [0.05, 0.1) is 49.4 Å². The molecule has 0 aliphatic rings. The van der Waals surface area contributed by atoms with Crippen molar-refractivity contribution in [3.63, 3.8) is 0 Å². The molecule has 5 aromatic carbocycles. The zero-order valence-electron chi connectivity index (χ0n) is 29.2. The van der Waals surface area contributed by atoms with E-state index in [1.54, 1.807) is 14.2 Å². The molecule has 0 unspecified atom stereocenters. The van der Waals surface area contributed by atoms with Gasteiger partial charge in [-0.3, -0.25) is 0 Å². The summed E-state index contributed by atoms with van der Waals surface area (Å²) in [6.45, 7) is 2.84. The molecule has 11 heteroatoms. The molecule has 0 saturated heterocycles. The summed E-state index contributed by atoms with van der Waals surface area (Å²) in [7, 11) is 2.58. The minimum absolute atomic E-state index is 0.413. The molecule has 0 saturated carbocycles. The Hall–Kier alpha value is -2.72. The molecule has 0 bridgehead atoms. The fraction of sp³-hybridized carbons (Fsp3) is 0.225. The van der Waals surface area contributed by atoms with Crippen LogP contribution in [0.5, 0.6) is 5.75 Å². The number of hydrogen-bond donors (Lipinski definition) is 1. The Balaban J connectivity index is 0.00000286. The van der Waals surface area contributed by atoms with Gasteiger partial charge in [-0.05, 0) is 61.9 Å². The summed E-state index contributed by atoms with van der Waals surface area (Å²) in [5.74, 6) is 0.526. The molecule has 0 aliphatic carbocycles. The second-order valence-corrected chi connectivity index (χ2v) is 19.5. The van der Waals surface area contributed by atoms with E-state index in [9.17, 15) is 4.79 Å². The van der Waals surface area contributed by atoms with Crippen molar-refractivity contribution in [2.75, 3.05) is 27.4 Å². The summed E-state index contributed by atoms with van der Waals surface area (Å²) in [5, 5.41) is 8.23. The third-order valence-electron chi connectivity index (χ3n) is 8.30. The van der Waals surface area contributed by atoms with Crippen molar-refractivity contribution in [3.8, 4) is 5.75 Å². The molecule has 51 heavy (non-hydrogen) atoms.